The Morgan fingerprint density at radius 3 is 3.00 bits per heavy atom. The molecule has 26 heavy (non-hydrogen) atoms. The van der Waals surface area contributed by atoms with E-state index >= 15 is 0 Å². The Labute approximate surface area is 154 Å². The first kappa shape index (κ1) is 15.3. The highest BCUT2D eigenvalue weighted by molar-refractivity contribution is 7.98. The molecule has 1 N–H and O–H groups in total. The molecule has 3 heterocycles. The molecule has 0 radical (unpaired) electrons. The number of nitro groups is 1. The topological polar surface area (TPSA) is 102 Å². The molecule has 0 aliphatic rings. The number of nitrogens with zero attached hydrogens (tertiary/aromatic N) is 5. The minimum atomic E-state index is -0.413. The zero-order chi connectivity index (χ0) is 17.7. The smallest absolute Gasteiger partial charge is 0.271 e. The summed E-state index contributed by atoms with van der Waals surface area (Å²) in [6.45, 7) is 0. The highest BCUT2D eigenvalue weighted by Gasteiger charge is 2.14. The van der Waals surface area contributed by atoms with Crippen molar-refractivity contribution in [2.75, 3.05) is 0 Å². The Bertz CT molecular complexity index is 1290. The molecule has 0 amide bonds. The molecule has 0 fully saturated rings. The maximum Gasteiger partial charge on any atom is 0.271 e. The number of thiazole rings is 1. The van der Waals surface area contributed by atoms with Crippen LogP contribution in [0.15, 0.2) is 47.6 Å². The Morgan fingerprint density at radius 1 is 1.23 bits per heavy atom. The molecule has 5 rings (SSSR count). The van der Waals surface area contributed by atoms with Crippen molar-refractivity contribution >= 4 is 55.0 Å². The Hall–Kier alpha value is -2.98. The van der Waals surface area contributed by atoms with Gasteiger partial charge in [0.2, 0.25) is 4.96 Å². The van der Waals surface area contributed by atoms with Crippen LogP contribution in [-0.4, -0.2) is 29.5 Å². The summed E-state index contributed by atoms with van der Waals surface area (Å²) in [6, 6.07) is 12.7. The van der Waals surface area contributed by atoms with Gasteiger partial charge >= 0.3 is 0 Å². The van der Waals surface area contributed by atoms with E-state index in [0.29, 0.717) is 16.8 Å². The fourth-order valence-electron chi connectivity index (χ4n) is 2.81. The van der Waals surface area contributed by atoms with Crippen LogP contribution in [0.4, 0.5) is 5.69 Å². The van der Waals surface area contributed by atoms with Gasteiger partial charge in [0.1, 0.15) is 5.82 Å². The predicted molar refractivity (Wildman–Crippen MR) is 101 cm³/mol. The molecule has 10 heteroatoms. The van der Waals surface area contributed by atoms with Gasteiger partial charge in [0.25, 0.3) is 5.69 Å². The summed E-state index contributed by atoms with van der Waals surface area (Å²) in [5, 5.41) is 20.2. The summed E-state index contributed by atoms with van der Waals surface area (Å²) in [5.41, 5.74) is 2.49. The maximum atomic E-state index is 10.9. The predicted octanol–water partition coefficient (Wildman–Crippen LogP) is 4.02. The summed E-state index contributed by atoms with van der Waals surface area (Å²) >= 11 is 3.12. The van der Waals surface area contributed by atoms with Crippen LogP contribution in [0.5, 0.6) is 0 Å². The van der Waals surface area contributed by atoms with Crippen LogP contribution in [0, 0.1) is 10.1 Å². The molecule has 0 bridgehead atoms. The van der Waals surface area contributed by atoms with Gasteiger partial charge in [0.15, 0.2) is 5.16 Å². The van der Waals surface area contributed by atoms with Crippen LogP contribution in [0.2, 0.25) is 0 Å². The molecule has 5 aromatic rings. The second-order valence-corrected chi connectivity index (χ2v) is 7.55. The lowest BCUT2D eigenvalue weighted by Gasteiger charge is -1.97. The van der Waals surface area contributed by atoms with E-state index in [0.717, 1.165) is 26.2 Å². The van der Waals surface area contributed by atoms with Gasteiger partial charge in [0.05, 0.1) is 31.9 Å². The number of imidazole rings is 1. The van der Waals surface area contributed by atoms with Gasteiger partial charge in [-0.1, -0.05) is 35.2 Å². The number of hydrogen-bond acceptors (Lipinski definition) is 7. The molecule has 0 unspecified atom stereocenters. The molecule has 0 saturated carbocycles. The normalized spacial score (nSPS) is 11.7. The quantitative estimate of drug-likeness (QED) is 0.286. The average Bonchev–Trinajstić information content (AvgIpc) is 3.32. The lowest BCUT2D eigenvalue weighted by atomic mass is 10.3. The minimum Gasteiger partial charge on any atom is -0.341 e. The van der Waals surface area contributed by atoms with E-state index in [1.807, 2.05) is 22.6 Å². The third-order valence-electron chi connectivity index (χ3n) is 3.97. The number of aromatic amines is 1. The number of aromatic nitrogens is 5. The first-order valence-electron chi connectivity index (χ1n) is 7.67. The zero-order valence-electron chi connectivity index (χ0n) is 13.1. The van der Waals surface area contributed by atoms with Crippen LogP contribution in [0.3, 0.4) is 0 Å². The van der Waals surface area contributed by atoms with Crippen molar-refractivity contribution in [3.63, 3.8) is 0 Å². The minimum absolute atomic E-state index is 0.0456. The van der Waals surface area contributed by atoms with Crippen molar-refractivity contribution in [3.05, 3.63) is 58.4 Å². The first-order chi connectivity index (χ1) is 12.7. The number of benzene rings is 2. The fourth-order valence-corrected chi connectivity index (χ4v) is 4.65. The fraction of sp³-hybridized carbons (Fsp3) is 0.0625. The van der Waals surface area contributed by atoms with Gasteiger partial charge in [0, 0.05) is 12.1 Å². The number of para-hydroxylation sites is 1. The summed E-state index contributed by atoms with van der Waals surface area (Å²) in [6.07, 6.45) is 0. The number of fused-ring (bicyclic) bond motifs is 4. The molecular formula is C16H10N6O2S2. The van der Waals surface area contributed by atoms with Crippen molar-refractivity contribution < 1.29 is 4.92 Å². The van der Waals surface area contributed by atoms with Crippen molar-refractivity contribution in [1.82, 2.24) is 24.6 Å². The Balaban J connectivity index is 1.46. The van der Waals surface area contributed by atoms with E-state index in [-0.39, 0.29) is 5.69 Å². The molecule has 0 aliphatic carbocycles. The van der Waals surface area contributed by atoms with Crippen LogP contribution >= 0.6 is 23.1 Å². The number of thioether (sulfide) groups is 1. The number of nitrogens with one attached hydrogen (secondary N) is 1. The highest BCUT2D eigenvalue weighted by atomic mass is 32.2. The zero-order valence-corrected chi connectivity index (χ0v) is 14.8. The van der Waals surface area contributed by atoms with Gasteiger partial charge in [-0.25, -0.2) is 4.98 Å². The van der Waals surface area contributed by atoms with E-state index in [1.54, 1.807) is 17.4 Å². The SMILES string of the molecule is O=[N+]([O-])c1ccc2nc(CSc3nnc4sc5ccccc5n34)[nH]c2c1. The van der Waals surface area contributed by atoms with Crippen LogP contribution in [0.1, 0.15) is 5.82 Å². The lowest BCUT2D eigenvalue weighted by molar-refractivity contribution is -0.384. The van der Waals surface area contributed by atoms with E-state index in [2.05, 4.69) is 26.2 Å². The van der Waals surface area contributed by atoms with E-state index in [9.17, 15) is 10.1 Å². The number of hydrogen-bond donors (Lipinski definition) is 1. The molecule has 2 aromatic carbocycles. The standard InChI is InChI=1S/C16H10N6O2S2/c23-22(24)9-5-6-10-11(7-9)18-14(17-10)8-25-15-19-20-16-21(15)12-3-1-2-4-13(12)26-16/h1-7H,8H2,(H,17,18). The van der Waals surface area contributed by atoms with Crippen molar-refractivity contribution in [3.8, 4) is 0 Å². The van der Waals surface area contributed by atoms with Crippen molar-refractivity contribution in [2.24, 2.45) is 0 Å². The van der Waals surface area contributed by atoms with Crippen molar-refractivity contribution in [2.45, 2.75) is 10.9 Å². The van der Waals surface area contributed by atoms with Crippen molar-refractivity contribution in [1.29, 1.82) is 0 Å². The second kappa shape index (κ2) is 5.78. The number of rotatable bonds is 4. The van der Waals surface area contributed by atoms with E-state index in [4.69, 9.17) is 0 Å². The third-order valence-corrected chi connectivity index (χ3v) is 5.93. The van der Waals surface area contributed by atoms with Crippen LogP contribution < -0.4 is 0 Å². The molecule has 0 atom stereocenters. The van der Waals surface area contributed by atoms with Gasteiger partial charge in [-0.3, -0.25) is 14.5 Å². The van der Waals surface area contributed by atoms with Gasteiger partial charge < -0.3 is 4.98 Å². The lowest BCUT2D eigenvalue weighted by Crippen LogP contribution is -1.88. The number of non-ortho nitro benzene ring substituents is 1. The van der Waals surface area contributed by atoms with Gasteiger partial charge in [-0.05, 0) is 18.2 Å². The van der Waals surface area contributed by atoms with Gasteiger partial charge in [-0.15, -0.1) is 10.2 Å². The summed E-state index contributed by atoms with van der Waals surface area (Å²) < 4.78 is 3.20. The Kier molecular flexibility index (Phi) is 3.40. The largest absolute Gasteiger partial charge is 0.341 e. The monoisotopic (exact) mass is 382 g/mol. The highest BCUT2D eigenvalue weighted by Crippen LogP contribution is 2.30. The molecule has 128 valence electrons. The van der Waals surface area contributed by atoms with Crippen LogP contribution in [0.25, 0.3) is 26.2 Å². The molecule has 0 saturated heterocycles. The molecule has 0 spiro atoms. The third kappa shape index (κ3) is 2.42. The second-order valence-electron chi connectivity index (χ2n) is 5.60. The van der Waals surface area contributed by atoms with E-state index in [1.165, 1.54) is 23.9 Å². The van der Waals surface area contributed by atoms with E-state index < -0.39 is 4.92 Å². The average molecular weight is 382 g/mol. The summed E-state index contributed by atoms with van der Waals surface area (Å²) in [4.78, 5) is 19.0. The molecule has 3 aromatic heterocycles. The molecule has 0 aliphatic heterocycles. The number of H-pyrrole nitrogens is 1. The van der Waals surface area contributed by atoms with Gasteiger partial charge in [-0.2, -0.15) is 0 Å². The first-order valence-corrected chi connectivity index (χ1v) is 9.48. The summed E-state index contributed by atoms with van der Waals surface area (Å²) in [7, 11) is 0. The van der Waals surface area contributed by atoms with Crippen LogP contribution in [-0.2, 0) is 5.75 Å². The Morgan fingerprint density at radius 2 is 2.12 bits per heavy atom. The summed E-state index contributed by atoms with van der Waals surface area (Å²) in [5.74, 6) is 1.30. The number of nitro benzene ring substituents is 1. The molecule has 8 nitrogen and oxygen atoms in total. The maximum absolute atomic E-state index is 10.9. The molecular weight excluding hydrogens is 372 g/mol.